The maximum atomic E-state index is 11.6. The van der Waals surface area contributed by atoms with E-state index in [0.29, 0.717) is 6.54 Å². The summed E-state index contributed by atoms with van der Waals surface area (Å²) in [4.78, 5) is 11.6. The van der Waals surface area contributed by atoms with Crippen molar-refractivity contribution in [1.29, 1.82) is 0 Å². The molecule has 2 N–H and O–H groups in total. The van der Waals surface area contributed by atoms with Crippen LogP contribution in [0.4, 0.5) is 0 Å². The minimum Gasteiger partial charge on any atom is -0.351 e. The average molecular weight is 208 g/mol. The lowest BCUT2D eigenvalue weighted by Crippen LogP contribution is -2.39. The molecule has 1 aromatic rings. The molecule has 2 heterocycles. The van der Waals surface area contributed by atoms with Crippen molar-refractivity contribution in [2.75, 3.05) is 6.54 Å². The Bertz CT molecular complexity index is 341. The Hall–Kier alpha value is -1.36. The summed E-state index contributed by atoms with van der Waals surface area (Å²) in [6, 6.07) is 0.00155. The summed E-state index contributed by atoms with van der Waals surface area (Å²) in [6.45, 7) is 1.51. The van der Waals surface area contributed by atoms with E-state index in [1.807, 2.05) is 13.2 Å². The molecule has 1 fully saturated rings. The van der Waals surface area contributed by atoms with E-state index in [4.69, 9.17) is 0 Å². The van der Waals surface area contributed by atoms with Gasteiger partial charge in [0.05, 0.1) is 12.2 Å². The summed E-state index contributed by atoms with van der Waals surface area (Å²) >= 11 is 0. The number of carbonyl (C=O) groups is 1. The molecule has 1 atom stereocenters. The number of amides is 1. The van der Waals surface area contributed by atoms with E-state index in [9.17, 15) is 4.79 Å². The number of hydrogen-bond acceptors (Lipinski definition) is 3. The summed E-state index contributed by atoms with van der Waals surface area (Å²) in [5.41, 5.74) is 1.03. The first-order valence-electron chi connectivity index (χ1n) is 5.24. The fourth-order valence-electron chi connectivity index (χ4n) is 1.78. The molecule has 1 saturated heterocycles. The van der Waals surface area contributed by atoms with Gasteiger partial charge in [0.2, 0.25) is 5.91 Å². The van der Waals surface area contributed by atoms with Gasteiger partial charge in [-0.2, -0.15) is 5.10 Å². The van der Waals surface area contributed by atoms with Crippen LogP contribution in [0.3, 0.4) is 0 Å². The van der Waals surface area contributed by atoms with Crippen LogP contribution in [0.1, 0.15) is 18.4 Å². The Morgan fingerprint density at radius 1 is 1.80 bits per heavy atom. The minimum atomic E-state index is 0.00155. The molecule has 1 unspecified atom stereocenters. The standard InChI is InChI=1S/C10H16N4O/c1-14-7-8(6-13-14)5-12-10(15)9-3-2-4-11-9/h6-7,9,11H,2-5H2,1H3,(H,12,15). The van der Waals surface area contributed by atoms with Gasteiger partial charge in [0.15, 0.2) is 0 Å². The van der Waals surface area contributed by atoms with Gasteiger partial charge in [-0.1, -0.05) is 0 Å². The normalized spacial score (nSPS) is 20.5. The number of nitrogens with zero attached hydrogens (tertiary/aromatic N) is 2. The highest BCUT2D eigenvalue weighted by Gasteiger charge is 2.21. The molecule has 1 aromatic heterocycles. The van der Waals surface area contributed by atoms with E-state index in [1.165, 1.54) is 0 Å². The van der Waals surface area contributed by atoms with E-state index in [1.54, 1.807) is 10.9 Å². The first-order valence-corrected chi connectivity index (χ1v) is 5.24. The molecule has 0 spiro atoms. The molecule has 0 saturated carbocycles. The van der Waals surface area contributed by atoms with Crippen molar-refractivity contribution in [2.45, 2.75) is 25.4 Å². The van der Waals surface area contributed by atoms with Gasteiger partial charge in [-0.25, -0.2) is 0 Å². The smallest absolute Gasteiger partial charge is 0.237 e. The van der Waals surface area contributed by atoms with Crippen molar-refractivity contribution in [3.8, 4) is 0 Å². The quantitative estimate of drug-likeness (QED) is 0.722. The van der Waals surface area contributed by atoms with E-state index in [-0.39, 0.29) is 11.9 Å². The highest BCUT2D eigenvalue weighted by molar-refractivity contribution is 5.81. The SMILES string of the molecule is Cn1cc(CNC(=O)C2CCCN2)cn1. The largest absolute Gasteiger partial charge is 0.351 e. The van der Waals surface area contributed by atoms with Crippen LogP contribution in [0.2, 0.25) is 0 Å². The molecule has 5 heteroatoms. The highest BCUT2D eigenvalue weighted by atomic mass is 16.2. The number of aryl methyl sites for hydroxylation is 1. The minimum absolute atomic E-state index is 0.00155. The maximum absolute atomic E-state index is 11.6. The molecule has 82 valence electrons. The van der Waals surface area contributed by atoms with E-state index >= 15 is 0 Å². The Kier molecular flexibility index (Phi) is 3.01. The van der Waals surface area contributed by atoms with Crippen LogP contribution in [-0.2, 0) is 18.4 Å². The Balaban J connectivity index is 1.80. The molecule has 1 aliphatic rings. The van der Waals surface area contributed by atoms with Crippen molar-refractivity contribution < 1.29 is 4.79 Å². The van der Waals surface area contributed by atoms with Crippen molar-refractivity contribution >= 4 is 5.91 Å². The molecule has 0 bridgehead atoms. The molecule has 1 amide bonds. The van der Waals surface area contributed by atoms with Crippen molar-refractivity contribution in [1.82, 2.24) is 20.4 Å². The molecular formula is C10H16N4O. The topological polar surface area (TPSA) is 59.0 Å². The Labute approximate surface area is 88.8 Å². The van der Waals surface area contributed by atoms with Crippen LogP contribution in [0.25, 0.3) is 0 Å². The second kappa shape index (κ2) is 4.44. The lowest BCUT2D eigenvalue weighted by molar-refractivity contribution is -0.122. The first kappa shape index (κ1) is 10.2. The van der Waals surface area contributed by atoms with Gasteiger partial charge >= 0.3 is 0 Å². The van der Waals surface area contributed by atoms with E-state index in [0.717, 1.165) is 24.9 Å². The third-order valence-corrected chi connectivity index (χ3v) is 2.60. The van der Waals surface area contributed by atoms with Crippen LogP contribution in [0.5, 0.6) is 0 Å². The number of carbonyl (C=O) groups excluding carboxylic acids is 1. The van der Waals surface area contributed by atoms with Gasteiger partial charge < -0.3 is 10.6 Å². The fraction of sp³-hybridized carbons (Fsp3) is 0.600. The van der Waals surface area contributed by atoms with Crippen molar-refractivity contribution in [2.24, 2.45) is 7.05 Å². The molecule has 15 heavy (non-hydrogen) atoms. The molecule has 0 aromatic carbocycles. The number of rotatable bonds is 3. The van der Waals surface area contributed by atoms with Gasteiger partial charge in [-0.05, 0) is 19.4 Å². The monoisotopic (exact) mass is 208 g/mol. The highest BCUT2D eigenvalue weighted by Crippen LogP contribution is 2.05. The second-order valence-corrected chi connectivity index (χ2v) is 3.89. The molecule has 0 aliphatic carbocycles. The molecular weight excluding hydrogens is 192 g/mol. The Morgan fingerprint density at radius 3 is 3.27 bits per heavy atom. The van der Waals surface area contributed by atoms with Crippen LogP contribution in [0, 0.1) is 0 Å². The lowest BCUT2D eigenvalue weighted by Gasteiger charge is -2.09. The molecule has 1 aliphatic heterocycles. The van der Waals surface area contributed by atoms with E-state index < -0.39 is 0 Å². The molecule has 5 nitrogen and oxygen atoms in total. The summed E-state index contributed by atoms with van der Waals surface area (Å²) in [5.74, 6) is 0.0938. The number of hydrogen-bond donors (Lipinski definition) is 2. The fourth-order valence-corrected chi connectivity index (χ4v) is 1.78. The third kappa shape index (κ3) is 2.56. The Morgan fingerprint density at radius 2 is 2.67 bits per heavy atom. The van der Waals surface area contributed by atoms with Gasteiger partial charge in [0.1, 0.15) is 0 Å². The van der Waals surface area contributed by atoms with Crippen LogP contribution < -0.4 is 10.6 Å². The van der Waals surface area contributed by atoms with Gasteiger partial charge in [-0.15, -0.1) is 0 Å². The van der Waals surface area contributed by atoms with Gasteiger partial charge in [0.25, 0.3) is 0 Å². The van der Waals surface area contributed by atoms with Crippen molar-refractivity contribution in [3.63, 3.8) is 0 Å². The average Bonchev–Trinajstić information content (AvgIpc) is 2.84. The summed E-state index contributed by atoms with van der Waals surface area (Å²) in [6.07, 6.45) is 5.70. The first-order chi connectivity index (χ1) is 7.25. The van der Waals surface area contributed by atoms with E-state index in [2.05, 4.69) is 15.7 Å². The summed E-state index contributed by atoms with van der Waals surface area (Å²) in [7, 11) is 1.86. The van der Waals surface area contributed by atoms with Crippen molar-refractivity contribution in [3.05, 3.63) is 18.0 Å². The van der Waals surface area contributed by atoms with Crippen LogP contribution in [-0.4, -0.2) is 28.3 Å². The second-order valence-electron chi connectivity index (χ2n) is 3.89. The zero-order valence-corrected chi connectivity index (χ0v) is 8.86. The zero-order valence-electron chi connectivity index (χ0n) is 8.86. The molecule has 0 radical (unpaired) electrons. The van der Waals surface area contributed by atoms with Gasteiger partial charge in [0, 0.05) is 25.4 Å². The number of nitrogens with one attached hydrogen (secondary N) is 2. The predicted molar refractivity (Wildman–Crippen MR) is 56.1 cm³/mol. The maximum Gasteiger partial charge on any atom is 0.237 e. The molecule has 2 rings (SSSR count). The third-order valence-electron chi connectivity index (χ3n) is 2.60. The van der Waals surface area contributed by atoms with Gasteiger partial charge in [-0.3, -0.25) is 9.48 Å². The zero-order chi connectivity index (χ0) is 10.7. The summed E-state index contributed by atoms with van der Waals surface area (Å²) < 4.78 is 1.73. The predicted octanol–water partition coefficient (Wildman–Crippen LogP) is -0.212. The lowest BCUT2D eigenvalue weighted by atomic mass is 10.2. The number of aromatic nitrogens is 2. The summed E-state index contributed by atoms with van der Waals surface area (Å²) in [5, 5.41) is 10.1. The van der Waals surface area contributed by atoms with Crippen LogP contribution >= 0.6 is 0 Å². The van der Waals surface area contributed by atoms with Crippen LogP contribution in [0.15, 0.2) is 12.4 Å².